The van der Waals surface area contributed by atoms with Crippen LogP contribution in [0.3, 0.4) is 0 Å². The Labute approximate surface area is 112 Å². The normalized spacial score (nSPS) is 10.5. The fraction of sp³-hybridized carbons (Fsp3) is 0.267. The third-order valence-electron chi connectivity index (χ3n) is 2.94. The lowest BCUT2D eigenvalue weighted by Crippen LogP contribution is -2.16. The molecule has 1 aromatic carbocycles. The first-order valence-electron chi connectivity index (χ1n) is 6.06. The summed E-state index contributed by atoms with van der Waals surface area (Å²) in [4.78, 5) is 12.8. The van der Waals surface area contributed by atoms with Crippen molar-refractivity contribution < 1.29 is 14.3 Å². The van der Waals surface area contributed by atoms with Gasteiger partial charge in [0.2, 0.25) is 0 Å². The zero-order chi connectivity index (χ0) is 14.0. The van der Waals surface area contributed by atoms with Crippen molar-refractivity contribution in [1.29, 1.82) is 0 Å². The highest BCUT2D eigenvalue weighted by molar-refractivity contribution is 5.87. The highest BCUT2D eigenvalue weighted by atomic mass is 16.4. The van der Waals surface area contributed by atoms with Crippen molar-refractivity contribution in [2.24, 2.45) is 0 Å². The molecule has 0 radical (unpaired) electrons. The van der Waals surface area contributed by atoms with Crippen LogP contribution in [0.1, 0.15) is 27.2 Å². The van der Waals surface area contributed by atoms with Gasteiger partial charge in [-0.15, -0.1) is 0 Å². The van der Waals surface area contributed by atoms with Gasteiger partial charge in [-0.2, -0.15) is 0 Å². The van der Waals surface area contributed by atoms with Gasteiger partial charge in [0.1, 0.15) is 12.0 Å². The van der Waals surface area contributed by atoms with E-state index < -0.39 is 5.97 Å². The predicted octanol–water partition coefficient (Wildman–Crippen LogP) is 3.23. The van der Waals surface area contributed by atoms with Gasteiger partial charge in [-0.1, -0.05) is 6.07 Å². The monoisotopic (exact) mass is 259 g/mol. The van der Waals surface area contributed by atoms with Gasteiger partial charge in [0.05, 0.1) is 12.1 Å². The fourth-order valence-corrected chi connectivity index (χ4v) is 2.07. The van der Waals surface area contributed by atoms with E-state index in [1.807, 2.05) is 11.9 Å². The molecule has 0 unspecified atom stereocenters. The van der Waals surface area contributed by atoms with E-state index in [0.717, 1.165) is 5.69 Å². The Morgan fingerprint density at radius 2 is 1.84 bits per heavy atom. The molecule has 19 heavy (non-hydrogen) atoms. The van der Waals surface area contributed by atoms with Gasteiger partial charge in [-0.3, -0.25) is 0 Å². The zero-order valence-corrected chi connectivity index (χ0v) is 11.3. The molecule has 0 aliphatic heterocycles. The Balaban J connectivity index is 2.15. The molecular formula is C15H17NO3. The van der Waals surface area contributed by atoms with Crippen molar-refractivity contribution in [3.8, 4) is 0 Å². The predicted molar refractivity (Wildman–Crippen MR) is 73.7 cm³/mol. The first-order chi connectivity index (χ1) is 8.95. The van der Waals surface area contributed by atoms with Crippen LogP contribution in [0.5, 0.6) is 0 Å². The van der Waals surface area contributed by atoms with Crippen molar-refractivity contribution in [3.05, 3.63) is 53.0 Å². The van der Waals surface area contributed by atoms with Crippen LogP contribution >= 0.6 is 0 Å². The van der Waals surface area contributed by atoms with Crippen LogP contribution < -0.4 is 4.90 Å². The zero-order valence-electron chi connectivity index (χ0n) is 11.3. The molecule has 0 bridgehead atoms. The standard InChI is InChI=1S/C15H17NO3/c1-10-4-11(2)6-13(5-10)16(3)8-14-7-12(9-19-14)15(17)18/h4-7,9H,8H2,1-3H3,(H,17,18). The molecule has 0 fully saturated rings. The molecule has 0 saturated carbocycles. The van der Waals surface area contributed by atoms with E-state index >= 15 is 0 Å². The Kier molecular flexibility index (Phi) is 3.60. The number of hydrogen-bond acceptors (Lipinski definition) is 3. The topological polar surface area (TPSA) is 53.7 Å². The van der Waals surface area contributed by atoms with Gasteiger partial charge in [0.15, 0.2) is 0 Å². The van der Waals surface area contributed by atoms with Gasteiger partial charge in [-0.05, 0) is 43.2 Å². The van der Waals surface area contributed by atoms with Crippen molar-refractivity contribution >= 4 is 11.7 Å². The lowest BCUT2D eigenvalue weighted by molar-refractivity contribution is 0.0696. The number of benzene rings is 1. The Morgan fingerprint density at radius 3 is 2.37 bits per heavy atom. The number of furan rings is 1. The molecule has 0 aliphatic rings. The molecule has 1 N–H and O–H groups in total. The second kappa shape index (κ2) is 5.18. The Bertz CT molecular complexity index is 581. The number of hydrogen-bond donors (Lipinski definition) is 1. The van der Waals surface area contributed by atoms with E-state index in [4.69, 9.17) is 9.52 Å². The molecule has 1 heterocycles. The molecular weight excluding hydrogens is 242 g/mol. The molecule has 2 aromatic rings. The summed E-state index contributed by atoms with van der Waals surface area (Å²) in [5, 5.41) is 8.85. The highest BCUT2D eigenvalue weighted by Crippen LogP contribution is 2.20. The van der Waals surface area contributed by atoms with Crippen LogP contribution in [0.2, 0.25) is 0 Å². The molecule has 0 spiro atoms. The molecule has 4 heteroatoms. The molecule has 0 atom stereocenters. The van der Waals surface area contributed by atoms with Crippen molar-refractivity contribution in [2.45, 2.75) is 20.4 Å². The Hall–Kier alpha value is -2.23. The van der Waals surface area contributed by atoms with E-state index in [2.05, 4.69) is 32.0 Å². The molecule has 1 aromatic heterocycles. The van der Waals surface area contributed by atoms with E-state index in [1.54, 1.807) is 6.07 Å². The molecule has 0 saturated heterocycles. The maximum Gasteiger partial charge on any atom is 0.338 e. The molecule has 0 aliphatic carbocycles. The van der Waals surface area contributed by atoms with Gasteiger partial charge in [-0.25, -0.2) is 4.79 Å². The van der Waals surface area contributed by atoms with Crippen LogP contribution in [0.25, 0.3) is 0 Å². The van der Waals surface area contributed by atoms with E-state index in [-0.39, 0.29) is 5.56 Å². The SMILES string of the molecule is Cc1cc(C)cc(N(C)Cc2cc(C(=O)O)co2)c1. The fourth-order valence-electron chi connectivity index (χ4n) is 2.07. The van der Waals surface area contributed by atoms with Gasteiger partial charge in [0.25, 0.3) is 0 Å². The number of aryl methyl sites for hydroxylation is 2. The number of carboxylic acid groups (broad SMARTS) is 1. The van der Waals surface area contributed by atoms with Gasteiger partial charge < -0.3 is 14.4 Å². The molecule has 100 valence electrons. The average molecular weight is 259 g/mol. The summed E-state index contributed by atoms with van der Waals surface area (Å²) in [5.74, 6) is -0.330. The maximum absolute atomic E-state index is 10.8. The average Bonchev–Trinajstić information content (AvgIpc) is 2.76. The maximum atomic E-state index is 10.8. The first kappa shape index (κ1) is 13.2. The van der Waals surface area contributed by atoms with Crippen LogP contribution in [-0.4, -0.2) is 18.1 Å². The first-order valence-corrected chi connectivity index (χ1v) is 6.06. The number of nitrogens with zero attached hydrogens (tertiary/aromatic N) is 1. The molecule has 4 nitrogen and oxygen atoms in total. The van der Waals surface area contributed by atoms with Crippen LogP contribution in [0.4, 0.5) is 5.69 Å². The third kappa shape index (κ3) is 3.16. The summed E-state index contributed by atoms with van der Waals surface area (Å²) in [6.45, 7) is 4.65. The quantitative estimate of drug-likeness (QED) is 0.915. The lowest BCUT2D eigenvalue weighted by Gasteiger charge is -2.19. The number of rotatable bonds is 4. The van der Waals surface area contributed by atoms with Crippen molar-refractivity contribution in [3.63, 3.8) is 0 Å². The number of aromatic carboxylic acids is 1. The smallest absolute Gasteiger partial charge is 0.338 e. The van der Waals surface area contributed by atoms with E-state index in [1.165, 1.54) is 17.4 Å². The summed E-state index contributed by atoms with van der Waals surface area (Å²) in [7, 11) is 1.96. The summed E-state index contributed by atoms with van der Waals surface area (Å²) >= 11 is 0. The minimum atomic E-state index is -0.968. The Morgan fingerprint density at radius 1 is 1.21 bits per heavy atom. The minimum absolute atomic E-state index is 0.184. The second-order valence-corrected chi connectivity index (χ2v) is 4.81. The minimum Gasteiger partial charge on any atom is -0.478 e. The van der Waals surface area contributed by atoms with Crippen molar-refractivity contribution in [1.82, 2.24) is 0 Å². The van der Waals surface area contributed by atoms with Crippen LogP contribution in [0.15, 0.2) is 34.9 Å². The number of carbonyl (C=O) groups is 1. The summed E-state index contributed by atoms with van der Waals surface area (Å²) < 4.78 is 5.26. The summed E-state index contributed by atoms with van der Waals surface area (Å²) in [5.41, 5.74) is 3.68. The van der Waals surface area contributed by atoms with Gasteiger partial charge >= 0.3 is 5.97 Å². The summed E-state index contributed by atoms with van der Waals surface area (Å²) in [6, 6.07) is 7.86. The number of anilines is 1. The van der Waals surface area contributed by atoms with Gasteiger partial charge in [0, 0.05) is 12.7 Å². The van der Waals surface area contributed by atoms with E-state index in [9.17, 15) is 4.79 Å². The van der Waals surface area contributed by atoms with Crippen LogP contribution in [0, 0.1) is 13.8 Å². The largest absolute Gasteiger partial charge is 0.478 e. The second-order valence-electron chi connectivity index (χ2n) is 4.81. The molecule has 0 amide bonds. The lowest BCUT2D eigenvalue weighted by atomic mass is 10.1. The highest BCUT2D eigenvalue weighted by Gasteiger charge is 2.10. The third-order valence-corrected chi connectivity index (χ3v) is 2.94. The molecule has 2 rings (SSSR count). The number of carboxylic acids is 1. The summed E-state index contributed by atoms with van der Waals surface area (Å²) in [6.07, 6.45) is 1.27. The van der Waals surface area contributed by atoms with E-state index in [0.29, 0.717) is 12.3 Å². The van der Waals surface area contributed by atoms with Crippen LogP contribution in [-0.2, 0) is 6.54 Å². The van der Waals surface area contributed by atoms with Crippen molar-refractivity contribution in [2.75, 3.05) is 11.9 Å².